The fraction of sp³-hybridized carbons (Fsp3) is 0.308. The molecule has 7 heteroatoms. The number of nitrogens with two attached hydrogens (primary N) is 1. The topological polar surface area (TPSA) is 109 Å². The lowest BCUT2D eigenvalue weighted by Gasteiger charge is -2.16. The Kier molecular flexibility index (Phi) is 5.10. The van der Waals surface area contributed by atoms with Gasteiger partial charge < -0.3 is 16.2 Å². The van der Waals surface area contributed by atoms with Crippen molar-refractivity contribution in [3.63, 3.8) is 0 Å². The lowest BCUT2D eigenvalue weighted by molar-refractivity contribution is -0.145. The average molecular weight is 299 g/mol. The Bertz CT molecular complexity index is 559. The fourth-order valence-electron chi connectivity index (χ4n) is 1.46. The minimum Gasteiger partial charge on any atom is -0.481 e. The van der Waals surface area contributed by atoms with E-state index in [9.17, 15) is 14.4 Å². The number of anilines is 1. The van der Waals surface area contributed by atoms with Crippen LogP contribution in [0, 0.1) is 11.8 Å². The molecule has 2 amide bonds. The van der Waals surface area contributed by atoms with E-state index in [1.54, 1.807) is 0 Å². The second kappa shape index (κ2) is 6.38. The molecule has 108 valence electrons. The van der Waals surface area contributed by atoms with E-state index in [4.69, 9.17) is 22.4 Å². The van der Waals surface area contributed by atoms with Gasteiger partial charge in [-0.2, -0.15) is 0 Å². The van der Waals surface area contributed by atoms with Crippen molar-refractivity contribution >= 4 is 35.1 Å². The largest absolute Gasteiger partial charge is 0.481 e. The molecule has 2 atom stereocenters. The molecule has 0 fully saturated rings. The second-order valence-corrected chi connectivity index (χ2v) is 4.87. The molecule has 0 bridgehead atoms. The van der Waals surface area contributed by atoms with Crippen LogP contribution in [-0.4, -0.2) is 22.9 Å². The monoisotopic (exact) mass is 298 g/mol. The number of carboxylic acid groups (broad SMARTS) is 1. The van der Waals surface area contributed by atoms with Crippen LogP contribution in [0.25, 0.3) is 0 Å². The van der Waals surface area contributed by atoms with Gasteiger partial charge in [-0.15, -0.1) is 0 Å². The number of amides is 2. The molecule has 0 saturated heterocycles. The predicted octanol–water partition coefficient (Wildman–Crippen LogP) is 1.73. The van der Waals surface area contributed by atoms with Crippen molar-refractivity contribution in [2.24, 2.45) is 17.6 Å². The normalized spacial score (nSPS) is 13.3. The van der Waals surface area contributed by atoms with E-state index in [1.165, 1.54) is 32.0 Å². The summed E-state index contributed by atoms with van der Waals surface area (Å²) in [5, 5.41) is 11.6. The second-order valence-electron chi connectivity index (χ2n) is 4.46. The Labute approximate surface area is 120 Å². The van der Waals surface area contributed by atoms with Crippen molar-refractivity contribution < 1.29 is 19.5 Å². The average Bonchev–Trinajstić information content (AvgIpc) is 2.38. The Morgan fingerprint density at radius 2 is 1.85 bits per heavy atom. The number of benzene rings is 1. The summed E-state index contributed by atoms with van der Waals surface area (Å²) in [5.74, 6) is -3.80. The lowest BCUT2D eigenvalue weighted by Crippen LogP contribution is -2.30. The van der Waals surface area contributed by atoms with E-state index >= 15 is 0 Å². The van der Waals surface area contributed by atoms with Gasteiger partial charge in [-0.05, 0) is 18.2 Å². The van der Waals surface area contributed by atoms with Crippen LogP contribution in [0.4, 0.5) is 5.69 Å². The summed E-state index contributed by atoms with van der Waals surface area (Å²) in [6.45, 7) is 2.94. The molecule has 0 aromatic heterocycles. The number of carbonyl (C=O) groups excluding carboxylic acids is 2. The number of halogens is 1. The summed E-state index contributed by atoms with van der Waals surface area (Å²) in [7, 11) is 0. The van der Waals surface area contributed by atoms with E-state index in [0.29, 0.717) is 0 Å². The molecule has 0 aliphatic rings. The molecule has 0 saturated carbocycles. The Hall–Kier alpha value is -2.08. The minimum atomic E-state index is -1.07. The van der Waals surface area contributed by atoms with E-state index < -0.39 is 29.6 Å². The van der Waals surface area contributed by atoms with Crippen molar-refractivity contribution in [1.82, 2.24) is 0 Å². The first kappa shape index (κ1) is 16.0. The molecular formula is C13H15ClN2O4. The number of primary amides is 1. The molecule has 1 aromatic carbocycles. The zero-order valence-corrected chi connectivity index (χ0v) is 11.8. The summed E-state index contributed by atoms with van der Waals surface area (Å²) in [4.78, 5) is 33.9. The van der Waals surface area contributed by atoms with Crippen molar-refractivity contribution in [2.75, 3.05) is 5.32 Å². The number of aliphatic carboxylic acids is 1. The maximum atomic E-state index is 11.9. The summed E-state index contributed by atoms with van der Waals surface area (Å²) in [6.07, 6.45) is 0. The third-order valence-electron chi connectivity index (χ3n) is 3.06. The van der Waals surface area contributed by atoms with Gasteiger partial charge in [-0.25, -0.2) is 0 Å². The number of hydrogen-bond donors (Lipinski definition) is 3. The molecular weight excluding hydrogens is 284 g/mol. The highest BCUT2D eigenvalue weighted by Crippen LogP contribution is 2.24. The van der Waals surface area contributed by atoms with Gasteiger partial charge in [0, 0.05) is 11.5 Å². The van der Waals surface area contributed by atoms with Crippen molar-refractivity contribution in [3.8, 4) is 0 Å². The van der Waals surface area contributed by atoms with Crippen LogP contribution >= 0.6 is 11.6 Å². The molecule has 0 spiro atoms. The molecule has 4 N–H and O–H groups in total. The van der Waals surface area contributed by atoms with Gasteiger partial charge in [0.05, 0.1) is 16.6 Å². The highest BCUT2D eigenvalue weighted by Gasteiger charge is 2.26. The third-order valence-corrected chi connectivity index (χ3v) is 3.39. The Morgan fingerprint density at radius 3 is 2.35 bits per heavy atom. The first-order chi connectivity index (χ1) is 9.23. The van der Waals surface area contributed by atoms with Crippen LogP contribution in [-0.2, 0) is 9.59 Å². The molecule has 0 heterocycles. The number of nitrogens with one attached hydrogen (secondary N) is 1. The van der Waals surface area contributed by atoms with E-state index in [1.807, 2.05) is 0 Å². The van der Waals surface area contributed by atoms with Crippen molar-refractivity contribution in [1.29, 1.82) is 0 Å². The van der Waals surface area contributed by atoms with Crippen LogP contribution in [0.3, 0.4) is 0 Å². The smallest absolute Gasteiger partial charge is 0.307 e. The first-order valence-corrected chi connectivity index (χ1v) is 6.25. The van der Waals surface area contributed by atoms with Crippen LogP contribution in [0.15, 0.2) is 18.2 Å². The summed E-state index contributed by atoms with van der Waals surface area (Å²) >= 11 is 5.91. The molecule has 1 aromatic rings. The summed E-state index contributed by atoms with van der Waals surface area (Å²) in [6, 6.07) is 4.22. The molecule has 1 rings (SSSR count). The molecule has 0 radical (unpaired) electrons. The lowest BCUT2D eigenvalue weighted by atomic mass is 9.95. The molecule has 0 aliphatic heterocycles. The Morgan fingerprint density at radius 1 is 1.25 bits per heavy atom. The van der Waals surface area contributed by atoms with Gasteiger partial charge in [-0.1, -0.05) is 25.4 Å². The SMILES string of the molecule is CC(C(=O)O)C(C)C(=O)Nc1cc(C(N)=O)ccc1Cl. The minimum absolute atomic E-state index is 0.198. The van der Waals surface area contributed by atoms with Gasteiger partial charge in [0.1, 0.15) is 0 Å². The van der Waals surface area contributed by atoms with Gasteiger partial charge in [0.15, 0.2) is 0 Å². The number of hydrogen-bond acceptors (Lipinski definition) is 3. The maximum absolute atomic E-state index is 11.9. The molecule has 2 unspecified atom stereocenters. The summed E-state index contributed by atoms with van der Waals surface area (Å²) in [5.41, 5.74) is 5.56. The van der Waals surface area contributed by atoms with Crippen LogP contribution < -0.4 is 11.1 Å². The van der Waals surface area contributed by atoms with Crippen LogP contribution in [0.2, 0.25) is 5.02 Å². The van der Waals surface area contributed by atoms with E-state index in [-0.39, 0.29) is 16.3 Å². The molecule has 0 aliphatic carbocycles. The van der Waals surface area contributed by atoms with Gasteiger partial charge in [0.2, 0.25) is 11.8 Å². The van der Waals surface area contributed by atoms with Crippen molar-refractivity contribution in [3.05, 3.63) is 28.8 Å². The molecule has 6 nitrogen and oxygen atoms in total. The van der Waals surface area contributed by atoms with E-state index in [2.05, 4.69) is 5.32 Å². The van der Waals surface area contributed by atoms with Crippen LogP contribution in [0.5, 0.6) is 0 Å². The quantitative estimate of drug-likeness (QED) is 0.769. The van der Waals surface area contributed by atoms with Gasteiger partial charge in [0.25, 0.3) is 0 Å². The first-order valence-electron chi connectivity index (χ1n) is 5.87. The zero-order chi connectivity index (χ0) is 15.4. The van der Waals surface area contributed by atoms with Crippen LogP contribution in [0.1, 0.15) is 24.2 Å². The van der Waals surface area contributed by atoms with Crippen molar-refractivity contribution in [2.45, 2.75) is 13.8 Å². The number of carboxylic acids is 1. The fourth-order valence-corrected chi connectivity index (χ4v) is 1.63. The zero-order valence-electron chi connectivity index (χ0n) is 11.0. The van der Waals surface area contributed by atoms with E-state index in [0.717, 1.165) is 0 Å². The number of rotatable bonds is 5. The van der Waals surface area contributed by atoms with Gasteiger partial charge >= 0.3 is 5.97 Å². The third kappa shape index (κ3) is 3.71. The standard InChI is InChI=1S/C13H15ClN2O4/c1-6(7(2)13(19)20)12(18)16-10-5-8(11(15)17)3-4-9(10)14/h3-7H,1-2H3,(H2,15,17)(H,16,18)(H,19,20). The predicted molar refractivity (Wildman–Crippen MR) is 74.6 cm³/mol. The summed E-state index contributed by atoms with van der Waals surface area (Å²) < 4.78 is 0. The number of carbonyl (C=O) groups is 3. The highest BCUT2D eigenvalue weighted by molar-refractivity contribution is 6.33. The highest BCUT2D eigenvalue weighted by atomic mass is 35.5. The van der Waals surface area contributed by atoms with Gasteiger partial charge in [-0.3, -0.25) is 14.4 Å². The Balaban J connectivity index is 2.93. The molecule has 20 heavy (non-hydrogen) atoms. The maximum Gasteiger partial charge on any atom is 0.307 e.